The van der Waals surface area contributed by atoms with Crippen LogP contribution in [-0.2, 0) is 9.53 Å². The number of nitrogens with zero attached hydrogens (tertiary/aromatic N) is 1. The molecule has 1 aromatic carbocycles. The van der Waals surface area contributed by atoms with Crippen LogP contribution in [-0.4, -0.2) is 49.0 Å². The normalized spacial score (nSPS) is 16.4. The number of hydrogen-bond acceptors (Lipinski definition) is 4. The third-order valence-electron chi connectivity index (χ3n) is 3.48. The average molecular weight is 291 g/mol. The van der Waals surface area contributed by atoms with E-state index >= 15 is 0 Å². The molecule has 0 bridgehead atoms. The Bertz CT molecular complexity index is 492. The van der Waals surface area contributed by atoms with Gasteiger partial charge in [0, 0.05) is 25.1 Å². The molecule has 1 amide bonds. The van der Waals surface area contributed by atoms with E-state index < -0.39 is 6.10 Å². The second-order valence-corrected chi connectivity index (χ2v) is 5.00. The number of carbonyl (C=O) groups is 2. The number of Topliss-reactive ketones (excluding diaryl/α,β-unsaturated/α-hetero) is 1. The summed E-state index contributed by atoms with van der Waals surface area (Å²) in [4.78, 5) is 25.5. The molecule has 0 radical (unpaired) electrons. The van der Waals surface area contributed by atoms with E-state index in [4.69, 9.17) is 9.47 Å². The molecule has 0 aromatic heterocycles. The lowest BCUT2D eigenvalue weighted by atomic mass is 10.1. The molecule has 0 aliphatic carbocycles. The molecular weight excluding hydrogens is 270 g/mol. The summed E-state index contributed by atoms with van der Waals surface area (Å²) in [6.45, 7) is 5.93. The first kappa shape index (κ1) is 15.5. The summed E-state index contributed by atoms with van der Waals surface area (Å²) in [6, 6.07) is 6.91. The van der Waals surface area contributed by atoms with Gasteiger partial charge in [-0.2, -0.15) is 0 Å². The van der Waals surface area contributed by atoms with Crippen LogP contribution in [0.5, 0.6) is 5.75 Å². The van der Waals surface area contributed by atoms with Gasteiger partial charge in [-0.1, -0.05) is 6.92 Å². The second-order valence-electron chi connectivity index (χ2n) is 5.00. The van der Waals surface area contributed by atoms with Crippen LogP contribution >= 0.6 is 0 Å². The van der Waals surface area contributed by atoms with Crippen LogP contribution < -0.4 is 4.74 Å². The number of rotatable bonds is 5. The summed E-state index contributed by atoms with van der Waals surface area (Å²) < 4.78 is 10.9. The maximum Gasteiger partial charge on any atom is 0.263 e. The Hall–Kier alpha value is -1.88. The molecule has 0 N–H and O–H groups in total. The Kier molecular flexibility index (Phi) is 5.33. The molecule has 0 spiro atoms. The van der Waals surface area contributed by atoms with Gasteiger partial charge in [-0.05, 0) is 31.2 Å². The summed E-state index contributed by atoms with van der Waals surface area (Å²) in [5, 5.41) is 0. The highest BCUT2D eigenvalue weighted by Crippen LogP contribution is 2.16. The molecule has 2 rings (SSSR count). The van der Waals surface area contributed by atoms with Gasteiger partial charge in [0.05, 0.1) is 13.2 Å². The number of hydrogen-bond donors (Lipinski definition) is 0. The predicted octanol–water partition coefficient (Wildman–Crippen LogP) is 1.91. The van der Waals surface area contributed by atoms with Crippen LogP contribution in [0.2, 0.25) is 0 Å². The van der Waals surface area contributed by atoms with E-state index in [9.17, 15) is 9.59 Å². The molecular formula is C16H21NO4. The van der Waals surface area contributed by atoms with Crippen molar-refractivity contribution in [3.63, 3.8) is 0 Å². The minimum Gasteiger partial charge on any atom is -0.481 e. The van der Waals surface area contributed by atoms with Crippen molar-refractivity contribution in [3.8, 4) is 5.75 Å². The SMILES string of the molecule is CCC(=O)c1ccc(OC(C)C(=O)N2CCOCC2)cc1. The largest absolute Gasteiger partial charge is 0.481 e. The van der Waals surface area contributed by atoms with Crippen LogP contribution in [0.15, 0.2) is 24.3 Å². The number of ether oxygens (including phenoxy) is 2. The van der Waals surface area contributed by atoms with Gasteiger partial charge in [0.2, 0.25) is 0 Å². The molecule has 114 valence electrons. The molecule has 1 aliphatic rings. The van der Waals surface area contributed by atoms with Gasteiger partial charge in [0.25, 0.3) is 5.91 Å². The van der Waals surface area contributed by atoms with Gasteiger partial charge in [-0.3, -0.25) is 9.59 Å². The zero-order valence-corrected chi connectivity index (χ0v) is 12.5. The Morgan fingerprint density at radius 1 is 1.24 bits per heavy atom. The molecule has 1 unspecified atom stereocenters. The van der Waals surface area contributed by atoms with E-state index in [1.165, 1.54) is 0 Å². The lowest BCUT2D eigenvalue weighted by molar-refractivity contribution is -0.142. The third kappa shape index (κ3) is 4.04. The zero-order chi connectivity index (χ0) is 15.2. The van der Waals surface area contributed by atoms with Gasteiger partial charge < -0.3 is 14.4 Å². The first-order chi connectivity index (χ1) is 10.1. The Morgan fingerprint density at radius 2 is 1.86 bits per heavy atom. The summed E-state index contributed by atoms with van der Waals surface area (Å²) in [7, 11) is 0. The van der Waals surface area contributed by atoms with E-state index in [1.807, 2.05) is 6.92 Å². The van der Waals surface area contributed by atoms with E-state index in [2.05, 4.69) is 0 Å². The van der Waals surface area contributed by atoms with Crippen LogP contribution in [0, 0.1) is 0 Å². The monoisotopic (exact) mass is 291 g/mol. The van der Waals surface area contributed by atoms with Crippen molar-refractivity contribution in [2.24, 2.45) is 0 Å². The van der Waals surface area contributed by atoms with Crippen molar-refractivity contribution in [2.45, 2.75) is 26.4 Å². The first-order valence-electron chi connectivity index (χ1n) is 7.28. The van der Waals surface area contributed by atoms with Crippen molar-refractivity contribution in [2.75, 3.05) is 26.3 Å². The fraction of sp³-hybridized carbons (Fsp3) is 0.500. The highest BCUT2D eigenvalue weighted by Gasteiger charge is 2.23. The van der Waals surface area contributed by atoms with Crippen molar-refractivity contribution in [1.29, 1.82) is 0 Å². The predicted molar refractivity (Wildman–Crippen MR) is 78.6 cm³/mol. The number of ketones is 1. The molecule has 0 saturated carbocycles. The number of morpholine rings is 1. The Morgan fingerprint density at radius 3 is 2.43 bits per heavy atom. The molecule has 1 fully saturated rings. The van der Waals surface area contributed by atoms with E-state index in [-0.39, 0.29) is 11.7 Å². The summed E-state index contributed by atoms with van der Waals surface area (Å²) >= 11 is 0. The second kappa shape index (κ2) is 7.22. The lowest BCUT2D eigenvalue weighted by Gasteiger charge is -2.29. The average Bonchev–Trinajstić information content (AvgIpc) is 2.55. The van der Waals surface area contributed by atoms with Crippen LogP contribution in [0.25, 0.3) is 0 Å². The van der Waals surface area contributed by atoms with Crippen LogP contribution in [0.4, 0.5) is 0 Å². The van der Waals surface area contributed by atoms with E-state index in [1.54, 1.807) is 36.1 Å². The minimum atomic E-state index is -0.546. The molecule has 5 heteroatoms. The lowest BCUT2D eigenvalue weighted by Crippen LogP contribution is -2.46. The van der Waals surface area contributed by atoms with Gasteiger partial charge in [-0.25, -0.2) is 0 Å². The maximum atomic E-state index is 12.2. The fourth-order valence-corrected chi connectivity index (χ4v) is 2.22. The van der Waals surface area contributed by atoms with E-state index in [0.717, 1.165) is 0 Å². The number of carbonyl (C=O) groups excluding carboxylic acids is 2. The molecule has 1 heterocycles. The molecule has 21 heavy (non-hydrogen) atoms. The molecule has 1 aromatic rings. The summed E-state index contributed by atoms with van der Waals surface area (Å²) in [5.74, 6) is 0.655. The van der Waals surface area contributed by atoms with Gasteiger partial charge in [0.1, 0.15) is 5.75 Å². The number of benzene rings is 1. The van der Waals surface area contributed by atoms with Crippen molar-refractivity contribution in [3.05, 3.63) is 29.8 Å². The quantitative estimate of drug-likeness (QED) is 0.778. The molecule has 1 aliphatic heterocycles. The number of amides is 1. The summed E-state index contributed by atoms with van der Waals surface area (Å²) in [5.41, 5.74) is 0.664. The smallest absolute Gasteiger partial charge is 0.263 e. The third-order valence-corrected chi connectivity index (χ3v) is 3.48. The Labute approximate surface area is 124 Å². The standard InChI is InChI=1S/C16H21NO4/c1-3-15(18)13-4-6-14(7-5-13)21-12(2)16(19)17-8-10-20-11-9-17/h4-7,12H,3,8-11H2,1-2H3. The van der Waals surface area contributed by atoms with Crippen LogP contribution in [0.1, 0.15) is 30.6 Å². The van der Waals surface area contributed by atoms with E-state index in [0.29, 0.717) is 44.0 Å². The van der Waals surface area contributed by atoms with Gasteiger partial charge in [-0.15, -0.1) is 0 Å². The topological polar surface area (TPSA) is 55.8 Å². The minimum absolute atomic E-state index is 0.0352. The fourth-order valence-electron chi connectivity index (χ4n) is 2.22. The van der Waals surface area contributed by atoms with Crippen molar-refractivity contribution >= 4 is 11.7 Å². The first-order valence-corrected chi connectivity index (χ1v) is 7.28. The molecule has 1 atom stereocenters. The molecule has 1 saturated heterocycles. The highest BCUT2D eigenvalue weighted by molar-refractivity contribution is 5.95. The summed E-state index contributed by atoms with van der Waals surface area (Å²) in [6.07, 6.45) is -0.0672. The Balaban J connectivity index is 1.93. The zero-order valence-electron chi connectivity index (χ0n) is 12.5. The highest BCUT2D eigenvalue weighted by atomic mass is 16.5. The van der Waals surface area contributed by atoms with Crippen LogP contribution in [0.3, 0.4) is 0 Å². The van der Waals surface area contributed by atoms with Crippen molar-refractivity contribution < 1.29 is 19.1 Å². The molecule has 5 nitrogen and oxygen atoms in total. The maximum absolute atomic E-state index is 12.2. The van der Waals surface area contributed by atoms with Gasteiger partial charge in [0.15, 0.2) is 11.9 Å². The van der Waals surface area contributed by atoms with Gasteiger partial charge >= 0.3 is 0 Å². The van der Waals surface area contributed by atoms with Crippen molar-refractivity contribution in [1.82, 2.24) is 4.90 Å².